The molecule has 0 aliphatic carbocycles. The SMILES string of the molecule is CC(=O)N1CCCN([C@H]2CN(Cc3ccc(Cl)cc3)C[C@@H]2C)CC1. The maximum Gasteiger partial charge on any atom is 0.219 e. The van der Waals surface area contributed by atoms with Gasteiger partial charge in [-0.2, -0.15) is 0 Å². The van der Waals surface area contributed by atoms with Crippen molar-refractivity contribution >= 4 is 17.5 Å². The molecule has 2 heterocycles. The van der Waals surface area contributed by atoms with E-state index >= 15 is 0 Å². The molecule has 2 aliphatic rings. The monoisotopic (exact) mass is 349 g/mol. The van der Waals surface area contributed by atoms with Crippen LogP contribution < -0.4 is 0 Å². The van der Waals surface area contributed by atoms with E-state index in [1.807, 2.05) is 17.0 Å². The van der Waals surface area contributed by atoms with Crippen molar-refractivity contribution in [2.24, 2.45) is 5.92 Å². The summed E-state index contributed by atoms with van der Waals surface area (Å²) in [4.78, 5) is 18.8. The van der Waals surface area contributed by atoms with Gasteiger partial charge in [-0.15, -0.1) is 0 Å². The van der Waals surface area contributed by atoms with Crippen molar-refractivity contribution in [2.45, 2.75) is 32.9 Å². The summed E-state index contributed by atoms with van der Waals surface area (Å²) in [5.41, 5.74) is 1.32. The normalized spacial score (nSPS) is 26.5. The Hall–Kier alpha value is -1.10. The van der Waals surface area contributed by atoms with Gasteiger partial charge in [-0.3, -0.25) is 14.6 Å². The van der Waals surface area contributed by atoms with Crippen molar-refractivity contribution in [1.29, 1.82) is 0 Å². The van der Waals surface area contributed by atoms with Crippen molar-refractivity contribution in [3.8, 4) is 0 Å². The Bertz CT molecular complexity index is 562. The molecular formula is C19H28ClN3O. The summed E-state index contributed by atoms with van der Waals surface area (Å²) in [5.74, 6) is 0.877. The molecule has 3 rings (SSSR count). The van der Waals surface area contributed by atoms with Gasteiger partial charge in [-0.1, -0.05) is 30.7 Å². The molecule has 0 aromatic heterocycles. The predicted molar refractivity (Wildman–Crippen MR) is 98.1 cm³/mol. The average Bonchev–Trinajstić information content (AvgIpc) is 2.76. The molecule has 2 aliphatic heterocycles. The fourth-order valence-corrected chi connectivity index (χ4v) is 4.21. The standard InChI is InChI=1S/C19H28ClN3O/c1-15-12-21(13-17-4-6-18(20)7-5-17)14-19(15)23-9-3-8-22(10-11-23)16(2)24/h4-7,15,19H,3,8-14H2,1-2H3/t15-,19-/m0/s1. The highest BCUT2D eigenvalue weighted by Gasteiger charge is 2.34. The van der Waals surface area contributed by atoms with Crippen LogP contribution >= 0.6 is 11.6 Å². The number of nitrogens with zero attached hydrogens (tertiary/aromatic N) is 3. The van der Waals surface area contributed by atoms with Crippen LogP contribution in [0.5, 0.6) is 0 Å². The van der Waals surface area contributed by atoms with Gasteiger partial charge in [0.1, 0.15) is 0 Å². The Kier molecular flexibility index (Phi) is 5.80. The number of rotatable bonds is 3. The Morgan fingerprint density at radius 1 is 1.12 bits per heavy atom. The van der Waals surface area contributed by atoms with Gasteiger partial charge in [-0.25, -0.2) is 0 Å². The Labute approximate surface area is 150 Å². The van der Waals surface area contributed by atoms with Crippen LogP contribution in [-0.4, -0.2) is 65.9 Å². The number of likely N-dealkylation sites (tertiary alicyclic amines) is 1. The molecule has 1 aromatic carbocycles. The minimum atomic E-state index is 0.209. The van der Waals surface area contributed by atoms with E-state index in [0.29, 0.717) is 12.0 Å². The van der Waals surface area contributed by atoms with E-state index in [-0.39, 0.29) is 5.91 Å². The van der Waals surface area contributed by atoms with Crippen LogP contribution in [0.3, 0.4) is 0 Å². The zero-order chi connectivity index (χ0) is 17.1. The second-order valence-corrected chi connectivity index (χ2v) is 7.70. The molecule has 0 unspecified atom stereocenters. The first-order valence-electron chi connectivity index (χ1n) is 8.99. The van der Waals surface area contributed by atoms with Crippen molar-refractivity contribution in [3.05, 3.63) is 34.9 Å². The summed E-state index contributed by atoms with van der Waals surface area (Å²) in [6.07, 6.45) is 1.08. The molecule has 2 saturated heterocycles. The first kappa shape index (κ1) is 17.7. The number of carbonyl (C=O) groups excluding carboxylic acids is 1. The van der Waals surface area contributed by atoms with Crippen LogP contribution in [0.2, 0.25) is 5.02 Å². The fourth-order valence-electron chi connectivity index (χ4n) is 4.08. The van der Waals surface area contributed by atoms with Crippen molar-refractivity contribution < 1.29 is 4.79 Å². The van der Waals surface area contributed by atoms with E-state index in [1.165, 1.54) is 5.56 Å². The van der Waals surface area contributed by atoms with Crippen LogP contribution in [0, 0.1) is 5.92 Å². The molecule has 132 valence electrons. The van der Waals surface area contributed by atoms with Gasteiger partial charge in [0.05, 0.1) is 0 Å². The van der Waals surface area contributed by atoms with Gasteiger partial charge < -0.3 is 4.90 Å². The maximum atomic E-state index is 11.6. The maximum absolute atomic E-state index is 11.6. The summed E-state index contributed by atoms with van der Waals surface area (Å²) >= 11 is 5.98. The summed E-state index contributed by atoms with van der Waals surface area (Å²) in [6, 6.07) is 8.79. The molecule has 0 saturated carbocycles. The van der Waals surface area contributed by atoms with Gasteiger partial charge in [-0.05, 0) is 30.0 Å². The van der Waals surface area contributed by atoms with E-state index in [9.17, 15) is 4.79 Å². The van der Waals surface area contributed by atoms with Crippen LogP contribution in [0.1, 0.15) is 25.8 Å². The minimum absolute atomic E-state index is 0.209. The second kappa shape index (κ2) is 7.85. The van der Waals surface area contributed by atoms with Crippen LogP contribution in [0.15, 0.2) is 24.3 Å². The lowest BCUT2D eigenvalue weighted by Crippen LogP contribution is -2.42. The topological polar surface area (TPSA) is 26.8 Å². The van der Waals surface area contributed by atoms with E-state index in [1.54, 1.807) is 6.92 Å². The smallest absolute Gasteiger partial charge is 0.219 e. The van der Waals surface area contributed by atoms with Crippen molar-refractivity contribution in [2.75, 3.05) is 39.3 Å². The van der Waals surface area contributed by atoms with E-state index in [2.05, 4.69) is 28.9 Å². The van der Waals surface area contributed by atoms with Crippen LogP contribution in [0.4, 0.5) is 0 Å². The summed E-state index contributed by atoms with van der Waals surface area (Å²) in [6.45, 7) is 11.2. The first-order chi connectivity index (χ1) is 11.5. The molecule has 24 heavy (non-hydrogen) atoms. The molecule has 5 heteroatoms. The molecule has 1 amide bonds. The molecule has 0 bridgehead atoms. The lowest BCUT2D eigenvalue weighted by molar-refractivity contribution is -0.128. The zero-order valence-corrected chi connectivity index (χ0v) is 15.5. The number of hydrogen-bond donors (Lipinski definition) is 0. The molecule has 2 atom stereocenters. The van der Waals surface area contributed by atoms with Gasteiger partial charge in [0, 0.05) is 63.8 Å². The molecule has 0 N–H and O–H groups in total. The van der Waals surface area contributed by atoms with E-state index < -0.39 is 0 Å². The molecule has 4 nitrogen and oxygen atoms in total. The minimum Gasteiger partial charge on any atom is -0.342 e. The lowest BCUT2D eigenvalue weighted by Gasteiger charge is -2.30. The zero-order valence-electron chi connectivity index (χ0n) is 14.7. The molecule has 2 fully saturated rings. The van der Waals surface area contributed by atoms with E-state index in [0.717, 1.165) is 57.3 Å². The highest BCUT2D eigenvalue weighted by atomic mass is 35.5. The third kappa shape index (κ3) is 4.29. The summed E-state index contributed by atoms with van der Waals surface area (Å²) in [7, 11) is 0. The molecule has 0 radical (unpaired) electrons. The molecular weight excluding hydrogens is 322 g/mol. The second-order valence-electron chi connectivity index (χ2n) is 7.26. The predicted octanol–water partition coefficient (Wildman–Crippen LogP) is 2.71. The number of halogens is 1. The third-order valence-corrected chi connectivity index (χ3v) is 5.66. The highest BCUT2D eigenvalue weighted by molar-refractivity contribution is 6.30. The number of carbonyl (C=O) groups is 1. The lowest BCUT2D eigenvalue weighted by atomic mass is 10.0. The van der Waals surface area contributed by atoms with E-state index in [4.69, 9.17) is 11.6 Å². The van der Waals surface area contributed by atoms with Crippen molar-refractivity contribution in [3.63, 3.8) is 0 Å². The fraction of sp³-hybridized carbons (Fsp3) is 0.632. The highest BCUT2D eigenvalue weighted by Crippen LogP contribution is 2.25. The quantitative estimate of drug-likeness (QED) is 0.839. The van der Waals surface area contributed by atoms with Crippen LogP contribution in [-0.2, 0) is 11.3 Å². The van der Waals surface area contributed by atoms with Gasteiger partial charge in [0.25, 0.3) is 0 Å². The van der Waals surface area contributed by atoms with Gasteiger partial charge >= 0.3 is 0 Å². The Morgan fingerprint density at radius 2 is 1.88 bits per heavy atom. The first-order valence-corrected chi connectivity index (χ1v) is 9.37. The average molecular weight is 350 g/mol. The van der Waals surface area contributed by atoms with Crippen molar-refractivity contribution in [1.82, 2.24) is 14.7 Å². The molecule has 0 spiro atoms. The molecule has 1 aromatic rings. The number of benzene rings is 1. The third-order valence-electron chi connectivity index (χ3n) is 5.41. The number of amides is 1. The van der Waals surface area contributed by atoms with Gasteiger partial charge in [0.2, 0.25) is 5.91 Å². The van der Waals surface area contributed by atoms with Gasteiger partial charge in [0.15, 0.2) is 0 Å². The summed E-state index contributed by atoms with van der Waals surface area (Å²) < 4.78 is 0. The summed E-state index contributed by atoms with van der Waals surface area (Å²) in [5, 5.41) is 0.797. The number of hydrogen-bond acceptors (Lipinski definition) is 3. The largest absolute Gasteiger partial charge is 0.342 e. The van der Waals surface area contributed by atoms with Crippen LogP contribution in [0.25, 0.3) is 0 Å². The Balaban J connectivity index is 1.57. The Morgan fingerprint density at radius 3 is 2.58 bits per heavy atom.